The lowest BCUT2D eigenvalue weighted by Crippen LogP contribution is -2.33. The lowest BCUT2D eigenvalue weighted by molar-refractivity contribution is -0.136. The number of fused-ring (bicyclic) bond motifs is 1. The Morgan fingerprint density at radius 1 is 1.43 bits per heavy atom. The van der Waals surface area contributed by atoms with Crippen LogP contribution < -0.4 is 4.90 Å². The molecule has 0 aliphatic heterocycles. The van der Waals surface area contributed by atoms with Crippen molar-refractivity contribution < 1.29 is 9.90 Å². The molecule has 0 bridgehead atoms. The monoisotopic (exact) mass is 283 g/mol. The number of carbonyl (C=O) groups is 1. The number of hydrogen-bond donors (Lipinski definition) is 1. The Morgan fingerprint density at radius 2 is 2.14 bits per heavy atom. The Hall–Kier alpha value is -2.61. The summed E-state index contributed by atoms with van der Waals surface area (Å²) in [4.78, 5) is 17.3. The van der Waals surface area contributed by atoms with Crippen LogP contribution in [0.15, 0.2) is 30.3 Å². The third-order valence-corrected chi connectivity index (χ3v) is 3.31. The Kier molecular flexibility index (Phi) is 4.39. The second-order valence-corrected chi connectivity index (χ2v) is 5.09. The highest BCUT2D eigenvalue weighted by atomic mass is 16.4. The molecule has 0 aliphatic rings. The molecule has 0 saturated heterocycles. The predicted molar refractivity (Wildman–Crippen MR) is 81.2 cm³/mol. The molecule has 1 aromatic carbocycles. The number of rotatable bonds is 5. The highest BCUT2D eigenvalue weighted by Crippen LogP contribution is 2.23. The fraction of sp³-hybridized carbons (Fsp3) is 0.312. The maximum atomic E-state index is 10.8. The van der Waals surface area contributed by atoms with Crippen LogP contribution in [0.2, 0.25) is 0 Å². The number of nitriles is 1. The standard InChI is InChI=1S/C16H17N3O2/c1-11(2)19(8-7-16(20)21)15-9-12(10-17)13-5-3-4-6-14(13)18-15/h3-6,9,11H,7-8H2,1-2H3,(H,20,21). The molecule has 2 rings (SSSR count). The number of aliphatic carboxylic acids is 1. The molecule has 5 heteroatoms. The van der Waals surface area contributed by atoms with Crippen molar-refractivity contribution in [1.82, 2.24) is 4.98 Å². The number of carboxylic acids is 1. The van der Waals surface area contributed by atoms with Crippen LogP contribution in [-0.4, -0.2) is 28.6 Å². The fourth-order valence-electron chi connectivity index (χ4n) is 2.25. The summed E-state index contributed by atoms with van der Waals surface area (Å²) >= 11 is 0. The van der Waals surface area contributed by atoms with Crippen LogP contribution >= 0.6 is 0 Å². The van der Waals surface area contributed by atoms with Gasteiger partial charge in [0.25, 0.3) is 0 Å². The molecule has 0 amide bonds. The van der Waals surface area contributed by atoms with Crippen molar-refractivity contribution in [3.63, 3.8) is 0 Å². The summed E-state index contributed by atoms with van der Waals surface area (Å²) < 4.78 is 0. The summed E-state index contributed by atoms with van der Waals surface area (Å²) in [5, 5.41) is 19.0. The molecule has 1 heterocycles. The average Bonchev–Trinajstić information content (AvgIpc) is 2.45. The normalized spacial score (nSPS) is 10.6. The number of pyridine rings is 1. The minimum Gasteiger partial charge on any atom is -0.481 e. The Labute approximate surface area is 123 Å². The summed E-state index contributed by atoms with van der Waals surface area (Å²) in [5.41, 5.74) is 1.30. The summed E-state index contributed by atoms with van der Waals surface area (Å²) in [6.07, 6.45) is 0.0363. The maximum absolute atomic E-state index is 10.8. The zero-order valence-electron chi connectivity index (χ0n) is 12.1. The van der Waals surface area contributed by atoms with Crippen LogP contribution in [-0.2, 0) is 4.79 Å². The van der Waals surface area contributed by atoms with Gasteiger partial charge < -0.3 is 10.0 Å². The number of para-hydroxylation sites is 1. The molecule has 0 aliphatic carbocycles. The van der Waals surface area contributed by atoms with E-state index in [2.05, 4.69) is 11.1 Å². The van der Waals surface area contributed by atoms with Crippen LogP contribution in [0.3, 0.4) is 0 Å². The van der Waals surface area contributed by atoms with E-state index in [1.54, 1.807) is 6.07 Å². The molecule has 0 unspecified atom stereocenters. The van der Waals surface area contributed by atoms with Crippen LogP contribution in [0.4, 0.5) is 5.82 Å². The lowest BCUT2D eigenvalue weighted by Gasteiger charge is -2.27. The zero-order chi connectivity index (χ0) is 15.4. The number of anilines is 1. The minimum atomic E-state index is -0.845. The van der Waals surface area contributed by atoms with Crippen molar-refractivity contribution >= 4 is 22.7 Å². The Bertz CT molecular complexity index is 704. The molecule has 5 nitrogen and oxygen atoms in total. The molecule has 108 valence electrons. The number of aromatic nitrogens is 1. The van der Waals surface area contributed by atoms with E-state index in [-0.39, 0.29) is 12.5 Å². The summed E-state index contributed by atoms with van der Waals surface area (Å²) in [7, 11) is 0. The molecule has 1 aromatic heterocycles. The molecule has 0 saturated carbocycles. The summed E-state index contributed by atoms with van der Waals surface area (Å²) in [6, 6.07) is 11.5. The van der Waals surface area contributed by atoms with Crippen LogP contribution in [0.5, 0.6) is 0 Å². The van der Waals surface area contributed by atoms with Gasteiger partial charge in [-0.05, 0) is 26.0 Å². The van der Waals surface area contributed by atoms with Crippen LogP contribution in [0, 0.1) is 11.3 Å². The van der Waals surface area contributed by atoms with E-state index in [9.17, 15) is 10.1 Å². The third kappa shape index (κ3) is 3.29. The van der Waals surface area contributed by atoms with Gasteiger partial charge in [0.1, 0.15) is 5.82 Å². The first kappa shape index (κ1) is 14.8. The average molecular weight is 283 g/mol. The van der Waals surface area contributed by atoms with Gasteiger partial charge in [-0.3, -0.25) is 4.79 Å². The molecule has 0 fully saturated rings. The van der Waals surface area contributed by atoms with Crippen molar-refractivity contribution in [1.29, 1.82) is 5.26 Å². The number of benzene rings is 1. The highest BCUT2D eigenvalue weighted by Gasteiger charge is 2.15. The molecular formula is C16H17N3O2. The number of nitrogens with zero attached hydrogens (tertiary/aromatic N) is 3. The first-order valence-corrected chi connectivity index (χ1v) is 6.81. The highest BCUT2D eigenvalue weighted by molar-refractivity contribution is 5.86. The number of hydrogen-bond acceptors (Lipinski definition) is 4. The second kappa shape index (κ2) is 6.23. The molecule has 21 heavy (non-hydrogen) atoms. The van der Waals surface area contributed by atoms with Crippen molar-refractivity contribution in [2.75, 3.05) is 11.4 Å². The number of carboxylic acid groups (broad SMARTS) is 1. The SMILES string of the molecule is CC(C)N(CCC(=O)O)c1cc(C#N)c2ccccc2n1. The maximum Gasteiger partial charge on any atom is 0.305 e. The second-order valence-electron chi connectivity index (χ2n) is 5.09. The zero-order valence-corrected chi connectivity index (χ0v) is 12.1. The van der Waals surface area contributed by atoms with Crippen molar-refractivity contribution in [3.05, 3.63) is 35.9 Å². The van der Waals surface area contributed by atoms with E-state index in [0.29, 0.717) is 17.9 Å². The quantitative estimate of drug-likeness (QED) is 0.913. The molecule has 0 spiro atoms. The third-order valence-electron chi connectivity index (χ3n) is 3.31. The smallest absolute Gasteiger partial charge is 0.305 e. The summed E-state index contributed by atoms with van der Waals surface area (Å²) in [6.45, 7) is 4.32. The molecule has 1 N–H and O–H groups in total. The molecule has 2 aromatic rings. The van der Waals surface area contributed by atoms with Gasteiger partial charge in [0, 0.05) is 18.0 Å². The largest absolute Gasteiger partial charge is 0.481 e. The van der Waals surface area contributed by atoms with E-state index >= 15 is 0 Å². The molecule has 0 radical (unpaired) electrons. The van der Waals surface area contributed by atoms with Gasteiger partial charge in [0.15, 0.2) is 0 Å². The lowest BCUT2D eigenvalue weighted by atomic mass is 10.1. The topological polar surface area (TPSA) is 77.2 Å². The van der Waals surface area contributed by atoms with Gasteiger partial charge >= 0.3 is 5.97 Å². The first-order chi connectivity index (χ1) is 10.0. The first-order valence-electron chi connectivity index (χ1n) is 6.81. The van der Waals surface area contributed by atoms with E-state index in [1.807, 2.05) is 43.0 Å². The fourth-order valence-corrected chi connectivity index (χ4v) is 2.25. The summed E-state index contributed by atoms with van der Waals surface area (Å²) in [5.74, 6) is -0.205. The van der Waals surface area contributed by atoms with Gasteiger partial charge in [0.05, 0.1) is 23.6 Å². The van der Waals surface area contributed by atoms with Gasteiger partial charge in [-0.1, -0.05) is 18.2 Å². The van der Waals surface area contributed by atoms with Crippen molar-refractivity contribution in [2.45, 2.75) is 26.3 Å². The predicted octanol–water partition coefficient (Wildman–Crippen LogP) is 2.80. The van der Waals surface area contributed by atoms with Crippen molar-refractivity contribution in [3.8, 4) is 6.07 Å². The van der Waals surface area contributed by atoms with E-state index in [1.165, 1.54) is 0 Å². The van der Waals surface area contributed by atoms with E-state index in [4.69, 9.17) is 5.11 Å². The molecular weight excluding hydrogens is 266 g/mol. The van der Waals surface area contributed by atoms with Gasteiger partial charge in [-0.2, -0.15) is 5.26 Å². The van der Waals surface area contributed by atoms with Gasteiger partial charge in [-0.15, -0.1) is 0 Å². The van der Waals surface area contributed by atoms with Crippen LogP contribution in [0.25, 0.3) is 10.9 Å². The van der Waals surface area contributed by atoms with Crippen LogP contribution in [0.1, 0.15) is 25.8 Å². The Balaban J connectivity index is 2.48. The molecule has 0 atom stereocenters. The van der Waals surface area contributed by atoms with Gasteiger partial charge in [0.2, 0.25) is 0 Å². The minimum absolute atomic E-state index is 0.0363. The van der Waals surface area contributed by atoms with Crippen molar-refractivity contribution in [2.24, 2.45) is 0 Å². The van der Waals surface area contributed by atoms with E-state index in [0.717, 1.165) is 10.9 Å². The van der Waals surface area contributed by atoms with Gasteiger partial charge in [-0.25, -0.2) is 4.98 Å². The Morgan fingerprint density at radius 3 is 2.76 bits per heavy atom. The van der Waals surface area contributed by atoms with E-state index < -0.39 is 5.97 Å².